The van der Waals surface area contributed by atoms with Gasteiger partial charge >= 0.3 is 0 Å². The van der Waals surface area contributed by atoms with E-state index in [0.717, 1.165) is 11.3 Å². The minimum atomic E-state index is -0.952. The molecular weight excluding hydrogens is 258 g/mol. The molecule has 3 nitrogen and oxygen atoms in total. The van der Waals surface area contributed by atoms with Gasteiger partial charge in [0.05, 0.1) is 18.1 Å². The Labute approximate surface area is 116 Å². The van der Waals surface area contributed by atoms with Crippen LogP contribution in [-0.4, -0.2) is 15.8 Å². The average Bonchev–Trinajstić information content (AvgIpc) is 2.40. The molecule has 2 rings (SSSR count). The number of ether oxygens (including phenoxy) is 1. The summed E-state index contributed by atoms with van der Waals surface area (Å²) in [6, 6.07) is 15.4. The lowest BCUT2D eigenvalue weighted by Crippen LogP contribution is -2.02. The Balaban J connectivity index is 1.97. The number of pyridine rings is 1. The van der Waals surface area contributed by atoms with Gasteiger partial charge in [0.2, 0.25) is 5.88 Å². The van der Waals surface area contributed by atoms with Crippen molar-refractivity contribution in [2.45, 2.75) is 18.4 Å². The fraction of sp³-hybridized carbons (Fsp3) is 0.267. The van der Waals surface area contributed by atoms with E-state index in [0.29, 0.717) is 24.0 Å². The molecule has 0 N–H and O–H groups in total. The SMILES string of the molecule is CCOc1cccc(C[S@](=O)Cc2ccccc2)n1. The van der Waals surface area contributed by atoms with E-state index in [9.17, 15) is 4.21 Å². The molecule has 0 radical (unpaired) electrons. The maximum absolute atomic E-state index is 12.1. The van der Waals surface area contributed by atoms with Gasteiger partial charge in [-0.25, -0.2) is 4.98 Å². The molecule has 0 aliphatic heterocycles. The molecule has 1 heterocycles. The molecule has 1 aromatic heterocycles. The van der Waals surface area contributed by atoms with E-state index >= 15 is 0 Å². The maximum Gasteiger partial charge on any atom is 0.213 e. The molecule has 4 heteroatoms. The second kappa shape index (κ2) is 7.04. The lowest BCUT2D eigenvalue weighted by atomic mass is 10.2. The van der Waals surface area contributed by atoms with Gasteiger partial charge in [-0.3, -0.25) is 4.21 Å². The van der Waals surface area contributed by atoms with E-state index in [1.807, 2.05) is 55.5 Å². The van der Waals surface area contributed by atoms with Gasteiger partial charge in [-0.05, 0) is 18.6 Å². The zero-order valence-corrected chi connectivity index (χ0v) is 11.7. The molecule has 2 aromatic rings. The Hall–Kier alpha value is -1.68. The highest BCUT2D eigenvalue weighted by atomic mass is 32.2. The highest BCUT2D eigenvalue weighted by Crippen LogP contribution is 2.11. The van der Waals surface area contributed by atoms with E-state index in [-0.39, 0.29) is 0 Å². The lowest BCUT2D eigenvalue weighted by Gasteiger charge is -2.05. The molecule has 0 fully saturated rings. The zero-order chi connectivity index (χ0) is 13.5. The van der Waals surface area contributed by atoms with Gasteiger partial charge in [0, 0.05) is 22.6 Å². The summed E-state index contributed by atoms with van der Waals surface area (Å²) in [7, 11) is -0.952. The molecule has 0 unspecified atom stereocenters. The van der Waals surface area contributed by atoms with Crippen molar-refractivity contribution in [3.8, 4) is 5.88 Å². The predicted molar refractivity (Wildman–Crippen MR) is 77.4 cm³/mol. The van der Waals surface area contributed by atoms with Crippen molar-refractivity contribution in [3.63, 3.8) is 0 Å². The van der Waals surface area contributed by atoms with Crippen LogP contribution in [0.1, 0.15) is 18.2 Å². The van der Waals surface area contributed by atoms with Crippen LogP contribution in [0.3, 0.4) is 0 Å². The maximum atomic E-state index is 12.1. The van der Waals surface area contributed by atoms with Crippen LogP contribution in [0.5, 0.6) is 5.88 Å². The third-order valence-corrected chi connectivity index (χ3v) is 3.83. The fourth-order valence-electron chi connectivity index (χ4n) is 1.74. The number of aromatic nitrogens is 1. The van der Waals surface area contributed by atoms with Crippen molar-refractivity contribution < 1.29 is 8.95 Å². The van der Waals surface area contributed by atoms with E-state index in [1.54, 1.807) is 0 Å². The van der Waals surface area contributed by atoms with Crippen LogP contribution in [0.15, 0.2) is 48.5 Å². The van der Waals surface area contributed by atoms with Crippen molar-refractivity contribution in [3.05, 3.63) is 59.8 Å². The molecule has 0 saturated heterocycles. The minimum Gasteiger partial charge on any atom is -0.478 e. The standard InChI is InChI=1S/C15H17NO2S/c1-2-18-15-10-6-9-14(16-15)12-19(17)11-13-7-4-3-5-8-13/h3-10H,2,11-12H2,1H3/t19-/m1/s1. The largest absolute Gasteiger partial charge is 0.478 e. The van der Waals surface area contributed by atoms with Crippen molar-refractivity contribution >= 4 is 10.8 Å². The summed E-state index contributed by atoms with van der Waals surface area (Å²) < 4.78 is 17.4. The quantitative estimate of drug-likeness (QED) is 0.813. The summed E-state index contributed by atoms with van der Waals surface area (Å²) in [6.45, 7) is 2.51. The minimum absolute atomic E-state index is 0.454. The summed E-state index contributed by atoms with van der Waals surface area (Å²) >= 11 is 0. The van der Waals surface area contributed by atoms with Crippen LogP contribution in [0.25, 0.3) is 0 Å². The Morgan fingerprint density at radius 1 is 1.05 bits per heavy atom. The Bertz CT molecular complexity index is 543. The van der Waals surface area contributed by atoms with E-state index < -0.39 is 10.8 Å². The zero-order valence-electron chi connectivity index (χ0n) is 10.9. The summed E-state index contributed by atoms with van der Waals surface area (Å²) in [5, 5.41) is 0. The smallest absolute Gasteiger partial charge is 0.213 e. The van der Waals surface area contributed by atoms with Crippen LogP contribution >= 0.6 is 0 Å². The van der Waals surface area contributed by atoms with E-state index in [1.165, 1.54) is 0 Å². The van der Waals surface area contributed by atoms with Gasteiger partial charge in [-0.1, -0.05) is 36.4 Å². The first-order valence-electron chi connectivity index (χ1n) is 6.25. The molecule has 0 amide bonds. The van der Waals surface area contributed by atoms with Crippen LogP contribution in [-0.2, 0) is 22.3 Å². The van der Waals surface area contributed by atoms with Crippen LogP contribution in [0, 0.1) is 0 Å². The molecule has 19 heavy (non-hydrogen) atoms. The second-order valence-corrected chi connectivity index (χ2v) is 5.57. The summed E-state index contributed by atoms with van der Waals surface area (Å²) in [5.74, 6) is 1.61. The molecular formula is C15H17NO2S. The van der Waals surface area contributed by atoms with Gasteiger partial charge in [-0.2, -0.15) is 0 Å². The number of hydrogen-bond acceptors (Lipinski definition) is 3. The molecule has 0 saturated carbocycles. The summed E-state index contributed by atoms with van der Waals surface area (Å²) in [6.07, 6.45) is 0. The molecule has 0 spiro atoms. The number of rotatable bonds is 6. The third-order valence-electron chi connectivity index (χ3n) is 2.55. The molecule has 1 aromatic carbocycles. The van der Waals surface area contributed by atoms with Crippen molar-refractivity contribution in [2.24, 2.45) is 0 Å². The number of hydrogen-bond donors (Lipinski definition) is 0. The van der Waals surface area contributed by atoms with Crippen molar-refractivity contribution in [1.82, 2.24) is 4.98 Å². The van der Waals surface area contributed by atoms with Crippen molar-refractivity contribution in [2.75, 3.05) is 6.61 Å². The van der Waals surface area contributed by atoms with Gasteiger partial charge in [0.15, 0.2) is 0 Å². The normalized spacial score (nSPS) is 12.1. The summed E-state index contributed by atoms with van der Waals surface area (Å²) in [4.78, 5) is 4.33. The molecule has 100 valence electrons. The Morgan fingerprint density at radius 3 is 2.58 bits per heavy atom. The number of nitrogens with zero attached hydrogens (tertiary/aromatic N) is 1. The van der Waals surface area contributed by atoms with Crippen molar-refractivity contribution in [1.29, 1.82) is 0 Å². The first-order chi connectivity index (χ1) is 9.28. The van der Waals surface area contributed by atoms with E-state index in [4.69, 9.17) is 4.74 Å². The van der Waals surface area contributed by atoms with E-state index in [2.05, 4.69) is 4.98 Å². The number of benzene rings is 1. The predicted octanol–water partition coefficient (Wildman–Crippen LogP) is 2.93. The van der Waals surface area contributed by atoms with Crippen LogP contribution in [0.2, 0.25) is 0 Å². The third kappa shape index (κ3) is 4.48. The van der Waals surface area contributed by atoms with Gasteiger partial charge < -0.3 is 4.74 Å². The lowest BCUT2D eigenvalue weighted by molar-refractivity contribution is 0.326. The Kier molecular flexibility index (Phi) is 5.10. The average molecular weight is 275 g/mol. The molecule has 0 aliphatic rings. The molecule has 0 bridgehead atoms. The monoisotopic (exact) mass is 275 g/mol. The van der Waals surface area contributed by atoms with Gasteiger partial charge in [0.1, 0.15) is 0 Å². The van der Waals surface area contributed by atoms with Gasteiger partial charge in [-0.15, -0.1) is 0 Å². The van der Waals surface area contributed by atoms with Crippen LogP contribution < -0.4 is 4.74 Å². The first-order valence-corrected chi connectivity index (χ1v) is 7.74. The van der Waals surface area contributed by atoms with Crippen LogP contribution in [0.4, 0.5) is 0 Å². The highest BCUT2D eigenvalue weighted by molar-refractivity contribution is 7.83. The molecule has 0 aliphatic carbocycles. The second-order valence-electron chi connectivity index (χ2n) is 4.11. The molecule has 1 atom stereocenters. The first kappa shape index (κ1) is 13.7. The highest BCUT2D eigenvalue weighted by Gasteiger charge is 2.05. The van der Waals surface area contributed by atoms with Gasteiger partial charge in [0.25, 0.3) is 0 Å². The summed E-state index contributed by atoms with van der Waals surface area (Å²) in [5.41, 5.74) is 1.89. The fourth-order valence-corrected chi connectivity index (χ4v) is 2.90. The Morgan fingerprint density at radius 2 is 1.84 bits per heavy atom. The topological polar surface area (TPSA) is 39.2 Å².